The third kappa shape index (κ3) is 2.88. The first-order chi connectivity index (χ1) is 8.95. The number of hydrogen-bond acceptors (Lipinski definition) is 4. The molecule has 19 heavy (non-hydrogen) atoms. The fraction of sp³-hybridized carbons (Fsp3) is 0.500. The second kappa shape index (κ2) is 5.44. The summed E-state index contributed by atoms with van der Waals surface area (Å²) in [5, 5.41) is 9.38. The maximum Gasteiger partial charge on any atom is 0.243 e. The lowest BCUT2D eigenvalue weighted by Crippen LogP contribution is -2.40. The first-order valence-corrected chi connectivity index (χ1v) is 7.41. The van der Waals surface area contributed by atoms with E-state index in [0.717, 1.165) is 6.07 Å². The monoisotopic (exact) mass is 289 g/mol. The highest BCUT2D eigenvalue weighted by atomic mass is 32.2. The Bertz CT molecular complexity index is 553. The molecule has 2 rings (SSSR count). The number of piperidine rings is 1. The lowest BCUT2D eigenvalue weighted by atomic mass is 10.1. The van der Waals surface area contributed by atoms with Gasteiger partial charge >= 0.3 is 0 Å². The van der Waals surface area contributed by atoms with E-state index in [1.807, 2.05) is 0 Å². The normalized spacial score (nSPS) is 18.5. The van der Waals surface area contributed by atoms with Gasteiger partial charge in [0.15, 0.2) is 11.6 Å². The summed E-state index contributed by atoms with van der Waals surface area (Å²) in [4.78, 5) is -0.0952. The van der Waals surface area contributed by atoms with Gasteiger partial charge in [-0.25, -0.2) is 12.8 Å². The van der Waals surface area contributed by atoms with Crippen molar-refractivity contribution in [1.82, 2.24) is 4.31 Å². The van der Waals surface area contributed by atoms with Gasteiger partial charge in [-0.15, -0.1) is 0 Å². The Hall–Kier alpha value is -1.18. The van der Waals surface area contributed by atoms with E-state index in [1.165, 1.54) is 23.5 Å². The zero-order valence-electron chi connectivity index (χ0n) is 10.5. The van der Waals surface area contributed by atoms with Gasteiger partial charge in [-0.2, -0.15) is 4.31 Å². The van der Waals surface area contributed by atoms with Gasteiger partial charge in [-0.3, -0.25) is 0 Å². The molecule has 1 aromatic rings. The minimum atomic E-state index is -3.71. The van der Waals surface area contributed by atoms with E-state index < -0.39 is 21.9 Å². The summed E-state index contributed by atoms with van der Waals surface area (Å²) in [6.45, 7) is 0.494. The number of rotatable bonds is 3. The summed E-state index contributed by atoms with van der Waals surface area (Å²) in [5.41, 5.74) is 0. The van der Waals surface area contributed by atoms with E-state index in [9.17, 15) is 17.9 Å². The number of hydrogen-bond donors (Lipinski definition) is 1. The quantitative estimate of drug-likeness (QED) is 0.901. The smallest absolute Gasteiger partial charge is 0.243 e. The molecule has 5 nitrogen and oxygen atoms in total. The number of aliphatic hydroxyl groups is 1. The molecule has 0 saturated carbocycles. The zero-order chi connectivity index (χ0) is 14.0. The van der Waals surface area contributed by atoms with Crippen LogP contribution in [0.1, 0.15) is 12.8 Å². The summed E-state index contributed by atoms with van der Waals surface area (Å²) < 4.78 is 44.1. The molecule has 0 unspecified atom stereocenters. The first kappa shape index (κ1) is 14.2. The predicted octanol–water partition coefficient (Wildman–Crippen LogP) is 0.980. The molecule has 0 bridgehead atoms. The fourth-order valence-electron chi connectivity index (χ4n) is 2.04. The predicted molar refractivity (Wildman–Crippen MR) is 67.0 cm³/mol. The second-order valence-corrected chi connectivity index (χ2v) is 6.37. The largest absolute Gasteiger partial charge is 0.494 e. The minimum absolute atomic E-state index is 0.00742. The van der Waals surface area contributed by atoms with Crippen molar-refractivity contribution in [2.45, 2.75) is 23.8 Å². The second-order valence-electron chi connectivity index (χ2n) is 4.43. The Kier molecular flexibility index (Phi) is 4.07. The van der Waals surface area contributed by atoms with Gasteiger partial charge in [0, 0.05) is 13.1 Å². The first-order valence-electron chi connectivity index (χ1n) is 5.97. The van der Waals surface area contributed by atoms with Crippen LogP contribution in [0, 0.1) is 5.82 Å². The van der Waals surface area contributed by atoms with Gasteiger partial charge in [0.2, 0.25) is 10.0 Å². The number of aliphatic hydroxyl groups excluding tert-OH is 1. The van der Waals surface area contributed by atoms with Gasteiger partial charge in [0.1, 0.15) is 0 Å². The van der Waals surface area contributed by atoms with Gasteiger partial charge in [-0.05, 0) is 31.0 Å². The topological polar surface area (TPSA) is 66.8 Å². The molecule has 1 N–H and O–H groups in total. The third-order valence-corrected chi connectivity index (χ3v) is 5.08. The number of nitrogens with zero attached hydrogens (tertiary/aromatic N) is 1. The summed E-state index contributed by atoms with van der Waals surface area (Å²) in [6, 6.07) is 3.57. The fourth-order valence-corrected chi connectivity index (χ4v) is 3.52. The summed E-state index contributed by atoms with van der Waals surface area (Å²) in [7, 11) is -2.39. The maximum absolute atomic E-state index is 13.6. The molecule has 1 fully saturated rings. The lowest BCUT2D eigenvalue weighted by Gasteiger charge is -2.28. The zero-order valence-corrected chi connectivity index (χ0v) is 11.4. The Labute approximate surface area is 111 Å². The molecule has 0 amide bonds. The van der Waals surface area contributed by atoms with Crippen molar-refractivity contribution in [3.05, 3.63) is 24.0 Å². The standard InChI is InChI=1S/C12H16FNO4S/c1-18-12-3-2-10(8-11(12)13)19(16,17)14-6-4-9(15)5-7-14/h2-3,8-9,15H,4-7H2,1H3. The molecule has 0 aliphatic carbocycles. The number of halogens is 1. The summed E-state index contributed by atoms with van der Waals surface area (Å²) in [6.07, 6.45) is 0.342. The van der Waals surface area contributed by atoms with E-state index in [4.69, 9.17) is 4.74 Å². The van der Waals surface area contributed by atoms with Gasteiger partial charge in [-0.1, -0.05) is 0 Å². The molecule has 0 aromatic heterocycles. The van der Waals surface area contributed by atoms with E-state index in [-0.39, 0.29) is 23.7 Å². The average Bonchev–Trinajstić information content (AvgIpc) is 2.39. The highest BCUT2D eigenvalue weighted by Gasteiger charge is 2.29. The van der Waals surface area contributed by atoms with Gasteiger partial charge in [0.05, 0.1) is 18.1 Å². The molecule has 0 atom stereocenters. The molecule has 106 valence electrons. The Balaban J connectivity index is 2.27. The molecule has 7 heteroatoms. The number of ether oxygens (including phenoxy) is 1. The van der Waals surface area contributed by atoms with Gasteiger partial charge < -0.3 is 9.84 Å². The Morgan fingerprint density at radius 3 is 2.53 bits per heavy atom. The molecule has 0 spiro atoms. The molecule has 1 saturated heterocycles. The van der Waals surface area contributed by atoms with Crippen molar-refractivity contribution < 1.29 is 22.7 Å². The van der Waals surface area contributed by atoms with Crippen LogP contribution in [0.25, 0.3) is 0 Å². The van der Waals surface area contributed by atoms with E-state index in [0.29, 0.717) is 12.8 Å². The van der Waals surface area contributed by atoms with Crippen LogP contribution in [-0.4, -0.2) is 44.1 Å². The maximum atomic E-state index is 13.6. The van der Waals surface area contributed by atoms with E-state index in [1.54, 1.807) is 0 Å². The van der Waals surface area contributed by atoms with E-state index in [2.05, 4.69) is 0 Å². The van der Waals surface area contributed by atoms with Crippen LogP contribution in [0.2, 0.25) is 0 Å². The van der Waals surface area contributed by atoms with Crippen LogP contribution in [-0.2, 0) is 10.0 Å². The highest BCUT2D eigenvalue weighted by molar-refractivity contribution is 7.89. The number of sulfonamides is 1. The Morgan fingerprint density at radius 1 is 1.37 bits per heavy atom. The van der Waals surface area contributed by atoms with Crippen LogP contribution in [0.15, 0.2) is 23.1 Å². The molecule has 1 heterocycles. The molecular formula is C12H16FNO4S. The van der Waals surface area contributed by atoms with Crippen molar-refractivity contribution in [2.75, 3.05) is 20.2 Å². The van der Waals surface area contributed by atoms with Crippen molar-refractivity contribution in [1.29, 1.82) is 0 Å². The van der Waals surface area contributed by atoms with Crippen molar-refractivity contribution in [3.8, 4) is 5.75 Å². The van der Waals surface area contributed by atoms with Crippen LogP contribution >= 0.6 is 0 Å². The van der Waals surface area contributed by atoms with Crippen LogP contribution < -0.4 is 4.74 Å². The average molecular weight is 289 g/mol. The third-order valence-electron chi connectivity index (χ3n) is 3.18. The van der Waals surface area contributed by atoms with Crippen LogP contribution in [0.5, 0.6) is 5.75 Å². The van der Waals surface area contributed by atoms with Crippen molar-refractivity contribution in [3.63, 3.8) is 0 Å². The molecule has 1 aliphatic rings. The minimum Gasteiger partial charge on any atom is -0.494 e. The summed E-state index contributed by atoms with van der Waals surface area (Å²) >= 11 is 0. The summed E-state index contributed by atoms with van der Waals surface area (Å²) in [5.74, 6) is -0.700. The SMILES string of the molecule is COc1ccc(S(=O)(=O)N2CCC(O)CC2)cc1F. The lowest BCUT2D eigenvalue weighted by molar-refractivity contribution is 0.113. The van der Waals surface area contributed by atoms with Crippen molar-refractivity contribution >= 4 is 10.0 Å². The Morgan fingerprint density at radius 2 is 2.00 bits per heavy atom. The molecule has 0 radical (unpaired) electrons. The van der Waals surface area contributed by atoms with E-state index >= 15 is 0 Å². The molecular weight excluding hydrogens is 273 g/mol. The number of benzene rings is 1. The van der Waals surface area contributed by atoms with Crippen molar-refractivity contribution in [2.24, 2.45) is 0 Å². The molecule has 1 aromatic carbocycles. The van der Waals surface area contributed by atoms with Gasteiger partial charge in [0.25, 0.3) is 0 Å². The number of methoxy groups -OCH3 is 1. The highest BCUT2D eigenvalue weighted by Crippen LogP contribution is 2.25. The van der Waals surface area contributed by atoms with Crippen LogP contribution in [0.3, 0.4) is 0 Å². The van der Waals surface area contributed by atoms with Crippen LogP contribution in [0.4, 0.5) is 4.39 Å². The molecule has 1 aliphatic heterocycles.